The Morgan fingerprint density at radius 3 is 2.34 bits per heavy atom. The van der Waals surface area contributed by atoms with Crippen LogP contribution in [0.15, 0.2) is 84.4 Å². The molecule has 13 nitrogen and oxygen atoms in total. The number of nitrogens with two attached hydrogens (primary N) is 1. The fraction of sp³-hybridized carbons (Fsp3) is 0.364. The molecule has 6 rings (SSSR count). The molecule has 1 saturated heterocycles. The number of β-amino-alcohol motifs (C(OH)–C–C–N with tert-alkyl or cyclic N) is 1. The molecule has 5 aromatic rings. The molecule has 0 aliphatic carbocycles. The lowest BCUT2D eigenvalue weighted by Gasteiger charge is -2.35. The minimum absolute atomic E-state index is 0.00107. The molecule has 4 atom stereocenters. The number of carbonyl (C=O) groups excluding carboxylic acids is 3. The van der Waals surface area contributed by atoms with Crippen molar-refractivity contribution in [3.8, 4) is 44.3 Å². The molecule has 3 aromatic carbocycles. The maximum Gasteiger partial charge on any atom is 0.246 e. The quantitative estimate of drug-likeness (QED) is 0.0780. The van der Waals surface area contributed by atoms with Gasteiger partial charge in [-0.05, 0) is 79.1 Å². The molecule has 1 aliphatic rings. The van der Waals surface area contributed by atoms with Crippen molar-refractivity contribution < 1.29 is 29.3 Å². The van der Waals surface area contributed by atoms with E-state index in [9.17, 15) is 24.6 Å². The predicted octanol–water partition coefficient (Wildman–Crippen LogP) is 6.45. The first kappa shape index (κ1) is 41.8. The van der Waals surface area contributed by atoms with Gasteiger partial charge in [0.05, 0.1) is 40.5 Å². The van der Waals surface area contributed by atoms with Gasteiger partial charge in [-0.15, -0.1) is 21.5 Å². The van der Waals surface area contributed by atoms with E-state index in [1.54, 1.807) is 35.6 Å². The van der Waals surface area contributed by atoms with Crippen LogP contribution < -0.4 is 21.1 Å². The van der Waals surface area contributed by atoms with Gasteiger partial charge < -0.3 is 36.2 Å². The standard InChI is InChI=1S/C44H51N7O6S/c1-26(28-13-15-30(16-14-28)39-27(2)46-25-58-39)47-42(55)36-22-31(52)24-51(36)43(56)40(44(3,4)5)48-38(54)12-8-9-21-57-32-19-17-29(18-20-32)34-23-35(49-50-41(34)45)33-10-6-7-11-37(33)53/h6-7,10-11,13-20,23,25-26,31,36,40,52-53H,8-9,12,21-22,24H2,1-5H3,(H2,45,50)(H,47,55)(H,48,54)/t26-,31+,36-,40?/m0/s1. The zero-order valence-electron chi connectivity index (χ0n) is 33.4. The lowest BCUT2D eigenvalue weighted by atomic mass is 9.85. The summed E-state index contributed by atoms with van der Waals surface area (Å²) >= 11 is 1.58. The Kier molecular flexibility index (Phi) is 13.1. The van der Waals surface area contributed by atoms with Crippen LogP contribution in [0.2, 0.25) is 0 Å². The van der Waals surface area contributed by atoms with Gasteiger partial charge in [0.1, 0.15) is 23.6 Å². The summed E-state index contributed by atoms with van der Waals surface area (Å²) < 4.78 is 5.94. The second kappa shape index (κ2) is 18.2. The van der Waals surface area contributed by atoms with Gasteiger partial charge in [-0.25, -0.2) is 4.98 Å². The Bertz CT molecular complexity index is 2220. The molecular formula is C44H51N7O6S. The molecule has 3 amide bonds. The van der Waals surface area contributed by atoms with Crippen LogP contribution in [0, 0.1) is 12.3 Å². The van der Waals surface area contributed by atoms with Gasteiger partial charge >= 0.3 is 0 Å². The molecule has 0 spiro atoms. The number of aryl methyl sites for hydroxylation is 1. The van der Waals surface area contributed by atoms with Crippen molar-refractivity contribution in [1.29, 1.82) is 0 Å². The van der Waals surface area contributed by atoms with Crippen LogP contribution in [0.1, 0.15) is 70.7 Å². The average molecular weight is 806 g/mol. The number of anilines is 1. The summed E-state index contributed by atoms with van der Waals surface area (Å²) in [6.45, 7) is 9.82. The van der Waals surface area contributed by atoms with Crippen molar-refractivity contribution in [3.63, 3.8) is 0 Å². The zero-order valence-corrected chi connectivity index (χ0v) is 34.3. The highest BCUT2D eigenvalue weighted by Gasteiger charge is 2.44. The van der Waals surface area contributed by atoms with Crippen molar-refractivity contribution in [2.75, 3.05) is 18.9 Å². The van der Waals surface area contributed by atoms with Crippen LogP contribution in [-0.4, -0.2) is 79.4 Å². The van der Waals surface area contributed by atoms with Crippen LogP contribution in [0.5, 0.6) is 11.5 Å². The third kappa shape index (κ3) is 9.98. The first-order valence-corrected chi connectivity index (χ1v) is 20.3. The molecule has 0 saturated carbocycles. The summed E-state index contributed by atoms with van der Waals surface area (Å²) in [5, 5.41) is 35.1. The molecule has 3 heterocycles. The number of aliphatic hydroxyl groups excluding tert-OH is 1. The summed E-state index contributed by atoms with van der Waals surface area (Å²) in [4.78, 5) is 47.7. The van der Waals surface area contributed by atoms with E-state index in [0.717, 1.165) is 27.3 Å². The first-order valence-electron chi connectivity index (χ1n) is 19.4. The van der Waals surface area contributed by atoms with E-state index in [1.165, 1.54) is 4.90 Å². The first-order chi connectivity index (χ1) is 27.7. The summed E-state index contributed by atoms with van der Waals surface area (Å²) in [6, 6.07) is 21.9. The van der Waals surface area contributed by atoms with Gasteiger partial charge in [0, 0.05) is 30.5 Å². The van der Waals surface area contributed by atoms with E-state index < -0.39 is 29.5 Å². The van der Waals surface area contributed by atoms with E-state index in [4.69, 9.17) is 10.5 Å². The topological polar surface area (TPSA) is 193 Å². The summed E-state index contributed by atoms with van der Waals surface area (Å²) in [6.07, 6.45) is 0.552. The molecular weight excluding hydrogens is 755 g/mol. The van der Waals surface area contributed by atoms with Crippen LogP contribution in [0.4, 0.5) is 5.82 Å². The van der Waals surface area contributed by atoms with Crippen molar-refractivity contribution in [2.45, 2.75) is 84.5 Å². The lowest BCUT2D eigenvalue weighted by molar-refractivity contribution is -0.144. The Hall–Kier alpha value is -5.86. The normalized spacial score (nSPS) is 16.4. The largest absolute Gasteiger partial charge is 0.507 e. The average Bonchev–Trinajstić information content (AvgIpc) is 3.82. The van der Waals surface area contributed by atoms with Crippen molar-refractivity contribution in [1.82, 2.24) is 30.7 Å². The number of hydrogen-bond donors (Lipinski definition) is 5. The maximum atomic E-state index is 14.1. The number of phenols is 1. The number of amides is 3. The molecule has 58 heavy (non-hydrogen) atoms. The van der Waals surface area contributed by atoms with Crippen LogP contribution >= 0.6 is 11.3 Å². The minimum atomic E-state index is -0.908. The summed E-state index contributed by atoms with van der Waals surface area (Å²) in [5.41, 5.74) is 12.8. The van der Waals surface area contributed by atoms with E-state index in [0.29, 0.717) is 42.0 Å². The SMILES string of the molecule is Cc1ncsc1-c1ccc([C@H](C)NC(=O)[C@@H]2C[C@@H](O)CN2C(=O)C(NC(=O)CCCCOc2ccc(-c3cc(-c4ccccc4O)nnc3N)cc2)C(C)(C)C)cc1. The Morgan fingerprint density at radius 1 is 0.966 bits per heavy atom. The van der Waals surface area contributed by atoms with Crippen molar-refractivity contribution in [3.05, 3.63) is 95.6 Å². The van der Waals surface area contributed by atoms with Crippen LogP contribution in [0.25, 0.3) is 32.8 Å². The van der Waals surface area contributed by atoms with Crippen LogP contribution in [-0.2, 0) is 14.4 Å². The van der Waals surface area contributed by atoms with Gasteiger partial charge in [0.15, 0.2) is 5.82 Å². The number of phenolic OH excluding ortho intramolecular Hbond substituents is 1. The number of thiazole rings is 1. The molecule has 0 radical (unpaired) electrons. The smallest absolute Gasteiger partial charge is 0.246 e. The number of aromatic nitrogens is 3. The predicted molar refractivity (Wildman–Crippen MR) is 225 cm³/mol. The van der Waals surface area contributed by atoms with Crippen molar-refractivity contribution in [2.24, 2.45) is 5.41 Å². The summed E-state index contributed by atoms with van der Waals surface area (Å²) in [5.74, 6) is -0.0357. The number of hydrogen-bond acceptors (Lipinski definition) is 11. The number of nitrogen functional groups attached to an aromatic ring is 1. The van der Waals surface area contributed by atoms with E-state index in [-0.39, 0.29) is 48.8 Å². The highest BCUT2D eigenvalue weighted by Crippen LogP contribution is 2.33. The van der Waals surface area contributed by atoms with Gasteiger partial charge in [-0.2, -0.15) is 0 Å². The number of aliphatic hydroxyl groups is 1. The third-order valence-corrected chi connectivity index (χ3v) is 11.3. The molecule has 2 aromatic heterocycles. The molecule has 0 bridgehead atoms. The number of nitrogens with zero attached hydrogens (tertiary/aromatic N) is 4. The van der Waals surface area contributed by atoms with E-state index in [2.05, 4.69) is 25.8 Å². The molecule has 1 unspecified atom stereocenters. The number of likely N-dealkylation sites (tertiary alicyclic amines) is 1. The third-order valence-electron chi connectivity index (χ3n) is 10.3. The van der Waals surface area contributed by atoms with E-state index in [1.807, 2.05) is 94.7 Å². The molecule has 304 valence electrons. The number of nitrogens with one attached hydrogen (secondary N) is 2. The number of ether oxygens (including phenoxy) is 1. The fourth-order valence-electron chi connectivity index (χ4n) is 7.01. The Labute approximate surface area is 342 Å². The Balaban J connectivity index is 0.987. The monoisotopic (exact) mass is 805 g/mol. The summed E-state index contributed by atoms with van der Waals surface area (Å²) in [7, 11) is 0. The van der Waals surface area contributed by atoms with Gasteiger partial charge in [0.2, 0.25) is 17.7 Å². The number of para-hydroxylation sites is 1. The van der Waals surface area contributed by atoms with Gasteiger partial charge in [-0.1, -0.05) is 69.3 Å². The van der Waals surface area contributed by atoms with Crippen molar-refractivity contribution >= 4 is 34.9 Å². The molecule has 14 heteroatoms. The molecule has 1 fully saturated rings. The lowest BCUT2D eigenvalue weighted by Crippen LogP contribution is -2.57. The highest BCUT2D eigenvalue weighted by atomic mass is 32.1. The Morgan fingerprint density at radius 2 is 1.67 bits per heavy atom. The van der Waals surface area contributed by atoms with Gasteiger partial charge in [0.25, 0.3) is 0 Å². The van der Waals surface area contributed by atoms with Crippen LogP contribution in [0.3, 0.4) is 0 Å². The van der Waals surface area contributed by atoms with Gasteiger partial charge in [-0.3, -0.25) is 14.4 Å². The number of carbonyl (C=O) groups is 3. The number of aromatic hydroxyl groups is 1. The van der Waals surface area contributed by atoms with E-state index >= 15 is 0 Å². The highest BCUT2D eigenvalue weighted by molar-refractivity contribution is 7.13. The second-order valence-electron chi connectivity index (χ2n) is 15.8. The number of benzene rings is 3. The second-order valence-corrected chi connectivity index (χ2v) is 16.6. The number of unbranched alkanes of at least 4 members (excludes halogenated alkanes) is 1. The molecule has 6 N–H and O–H groups in total. The minimum Gasteiger partial charge on any atom is -0.507 e. The number of rotatable bonds is 14. The fourth-order valence-corrected chi connectivity index (χ4v) is 7.82. The molecule has 1 aliphatic heterocycles. The maximum absolute atomic E-state index is 14.1. The zero-order chi connectivity index (χ0) is 41.6.